The highest BCUT2D eigenvalue weighted by Gasteiger charge is 2.02. The molecule has 1 saturated heterocycles. The van der Waals surface area contributed by atoms with Crippen LogP contribution in [0.1, 0.15) is 12.8 Å². The van der Waals surface area contributed by atoms with Crippen LogP contribution in [0, 0.1) is 0 Å². The molecule has 1 heterocycles. The molecule has 0 aromatic carbocycles. The first-order valence-electron chi connectivity index (χ1n) is 3.42. The van der Waals surface area contributed by atoms with Gasteiger partial charge in [-0.2, -0.15) is 0 Å². The highest BCUT2D eigenvalue weighted by molar-refractivity contribution is 8.14. The van der Waals surface area contributed by atoms with Crippen LogP contribution >= 0.6 is 11.8 Å². The minimum Gasteiger partial charge on any atom is -0.388 e. The third-order valence-electron chi connectivity index (χ3n) is 1.35. The molecule has 10 heavy (non-hydrogen) atoms. The number of thioether (sulfide) groups is 1. The Kier molecular flexibility index (Phi) is 3.36. The van der Waals surface area contributed by atoms with E-state index in [0.29, 0.717) is 0 Å². The Morgan fingerprint density at radius 2 is 2.60 bits per heavy atom. The van der Waals surface area contributed by atoms with Gasteiger partial charge in [-0.3, -0.25) is 4.99 Å². The molecule has 1 N–H and O–H groups in total. The van der Waals surface area contributed by atoms with Crippen molar-refractivity contribution in [2.75, 3.05) is 13.6 Å². The average Bonchev–Trinajstić information content (AvgIpc) is 2.41. The van der Waals surface area contributed by atoms with Crippen molar-refractivity contribution in [2.24, 2.45) is 4.99 Å². The summed E-state index contributed by atoms with van der Waals surface area (Å²) in [5.41, 5.74) is 3.19. The first kappa shape index (κ1) is 7.66. The molecule has 1 rings (SSSR count). The number of nitrogens with one attached hydrogen (secondary N) is 1. The Bertz CT molecular complexity index is 144. The number of hydrogen-bond donors (Lipinski definition) is 1. The van der Waals surface area contributed by atoms with E-state index in [4.69, 9.17) is 0 Å². The molecule has 3 heteroatoms. The Hall–Kier alpha value is -0.440. The highest BCUT2D eigenvalue weighted by Crippen LogP contribution is 2.12. The van der Waals surface area contributed by atoms with Gasteiger partial charge in [-0.1, -0.05) is 11.8 Å². The summed E-state index contributed by atoms with van der Waals surface area (Å²) in [6, 6.07) is 0. The van der Waals surface area contributed by atoms with Crippen molar-refractivity contribution in [2.45, 2.75) is 12.8 Å². The van der Waals surface area contributed by atoms with Crippen LogP contribution in [-0.4, -0.2) is 19.1 Å². The average molecular weight is 156 g/mol. The van der Waals surface area contributed by atoms with Crippen LogP contribution in [0.15, 0.2) is 16.1 Å². The molecule has 0 radical (unpaired) electrons. The summed E-state index contributed by atoms with van der Waals surface area (Å²) >= 11 is 1.63. The summed E-state index contributed by atoms with van der Waals surface area (Å²) in [5.74, 6) is 0. The van der Waals surface area contributed by atoms with E-state index in [0.717, 1.165) is 6.54 Å². The van der Waals surface area contributed by atoms with Gasteiger partial charge in [0, 0.05) is 19.3 Å². The molecular weight excluding hydrogens is 144 g/mol. The smallest absolute Gasteiger partial charge is 0.0580 e. The van der Waals surface area contributed by atoms with Crippen molar-refractivity contribution in [3.63, 3.8) is 0 Å². The number of nitrogens with zero attached hydrogens (tertiary/aromatic N) is 1. The van der Waals surface area contributed by atoms with E-state index >= 15 is 0 Å². The zero-order chi connectivity index (χ0) is 7.23. The van der Waals surface area contributed by atoms with Gasteiger partial charge in [0.25, 0.3) is 0 Å². The Morgan fingerprint density at radius 1 is 1.70 bits per heavy atom. The van der Waals surface area contributed by atoms with Crippen LogP contribution in [0.3, 0.4) is 0 Å². The van der Waals surface area contributed by atoms with E-state index < -0.39 is 0 Å². The predicted molar refractivity (Wildman–Crippen MR) is 47.3 cm³/mol. The molecule has 0 aliphatic carbocycles. The maximum atomic E-state index is 3.86. The lowest BCUT2D eigenvalue weighted by atomic mass is 10.3. The zero-order valence-electron chi connectivity index (χ0n) is 6.13. The molecule has 0 bridgehead atoms. The number of hydrogen-bond acceptors (Lipinski definition) is 3. The van der Waals surface area contributed by atoms with Crippen molar-refractivity contribution < 1.29 is 0 Å². The van der Waals surface area contributed by atoms with Crippen LogP contribution < -0.4 is 5.32 Å². The van der Waals surface area contributed by atoms with E-state index in [-0.39, 0.29) is 0 Å². The molecule has 56 valence electrons. The lowest BCUT2D eigenvalue weighted by molar-refractivity contribution is 0.904. The maximum Gasteiger partial charge on any atom is 0.0580 e. The fraction of sp³-hybridized carbons (Fsp3) is 0.571. The molecule has 1 aliphatic heterocycles. The van der Waals surface area contributed by atoms with Crippen LogP contribution in [0.5, 0.6) is 0 Å². The summed E-state index contributed by atoms with van der Waals surface area (Å²) in [6.45, 7) is 1.13. The van der Waals surface area contributed by atoms with Crippen molar-refractivity contribution in [3.8, 4) is 0 Å². The van der Waals surface area contributed by atoms with Gasteiger partial charge in [-0.15, -0.1) is 0 Å². The summed E-state index contributed by atoms with van der Waals surface area (Å²) in [5, 5.41) is 5.42. The fourth-order valence-electron chi connectivity index (χ4n) is 0.890. The van der Waals surface area contributed by atoms with E-state index in [2.05, 4.69) is 15.7 Å². The molecule has 1 fully saturated rings. The largest absolute Gasteiger partial charge is 0.388 e. The van der Waals surface area contributed by atoms with Gasteiger partial charge in [-0.05, 0) is 18.2 Å². The summed E-state index contributed by atoms with van der Waals surface area (Å²) < 4.78 is 0. The molecule has 0 atom stereocenters. The standard InChI is InChI=1S/C7H12N2S/c1-8-6-10-5-7-3-2-4-9-7/h5-6,9H,2-4H2,1H3/b7-5-,8-6?. The van der Waals surface area contributed by atoms with Gasteiger partial charge < -0.3 is 5.32 Å². The molecule has 2 nitrogen and oxygen atoms in total. The van der Waals surface area contributed by atoms with Gasteiger partial charge in [0.05, 0.1) is 5.55 Å². The van der Waals surface area contributed by atoms with Crippen molar-refractivity contribution >= 4 is 17.3 Å². The normalized spacial score (nSPS) is 22.3. The SMILES string of the molecule is CN=CS/C=C1/CCCN1. The quantitative estimate of drug-likeness (QED) is 0.485. The topological polar surface area (TPSA) is 24.4 Å². The predicted octanol–water partition coefficient (Wildman–Crippen LogP) is 1.60. The molecule has 0 unspecified atom stereocenters. The summed E-state index contributed by atoms with van der Waals surface area (Å²) in [7, 11) is 1.79. The number of aliphatic imine (C=N–C) groups is 1. The molecule has 0 spiro atoms. The molecule has 0 aromatic heterocycles. The fourth-order valence-corrected chi connectivity index (χ4v) is 1.44. The number of rotatable bonds is 2. The van der Waals surface area contributed by atoms with Gasteiger partial charge >= 0.3 is 0 Å². The molecule has 0 saturated carbocycles. The molecule has 1 aliphatic rings. The van der Waals surface area contributed by atoms with Crippen LogP contribution in [0.4, 0.5) is 0 Å². The first-order chi connectivity index (χ1) is 4.93. The lowest BCUT2D eigenvalue weighted by Gasteiger charge is -1.93. The summed E-state index contributed by atoms with van der Waals surface area (Å²) in [4.78, 5) is 3.86. The Morgan fingerprint density at radius 3 is 3.20 bits per heavy atom. The van der Waals surface area contributed by atoms with Gasteiger partial charge in [0.1, 0.15) is 0 Å². The minimum atomic E-state index is 1.13. The second-order valence-corrected chi connectivity index (χ2v) is 2.89. The Balaban J connectivity index is 2.24. The third kappa shape index (κ3) is 2.43. The van der Waals surface area contributed by atoms with E-state index in [1.807, 2.05) is 5.55 Å². The Labute approximate surface area is 65.8 Å². The van der Waals surface area contributed by atoms with E-state index in [1.165, 1.54) is 18.5 Å². The molecular formula is C7H12N2S. The van der Waals surface area contributed by atoms with Crippen LogP contribution in [-0.2, 0) is 0 Å². The van der Waals surface area contributed by atoms with Crippen molar-refractivity contribution in [1.29, 1.82) is 0 Å². The second-order valence-electron chi connectivity index (χ2n) is 2.17. The molecule has 0 aromatic rings. The molecule has 0 amide bonds. The lowest BCUT2D eigenvalue weighted by Crippen LogP contribution is -2.02. The minimum absolute atomic E-state index is 1.13. The van der Waals surface area contributed by atoms with Gasteiger partial charge in [0.15, 0.2) is 0 Å². The van der Waals surface area contributed by atoms with Gasteiger partial charge in [0.2, 0.25) is 0 Å². The summed E-state index contributed by atoms with van der Waals surface area (Å²) in [6.07, 6.45) is 2.47. The zero-order valence-corrected chi connectivity index (χ0v) is 6.95. The van der Waals surface area contributed by atoms with Crippen LogP contribution in [0.25, 0.3) is 0 Å². The van der Waals surface area contributed by atoms with Crippen LogP contribution in [0.2, 0.25) is 0 Å². The monoisotopic (exact) mass is 156 g/mol. The van der Waals surface area contributed by atoms with Crippen molar-refractivity contribution in [3.05, 3.63) is 11.1 Å². The van der Waals surface area contributed by atoms with E-state index in [9.17, 15) is 0 Å². The van der Waals surface area contributed by atoms with Gasteiger partial charge in [-0.25, -0.2) is 0 Å². The number of allylic oxidation sites excluding steroid dienone is 1. The highest BCUT2D eigenvalue weighted by atomic mass is 32.2. The maximum absolute atomic E-state index is 3.86. The van der Waals surface area contributed by atoms with E-state index in [1.54, 1.807) is 18.8 Å². The van der Waals surface area contributed by atoms with Crippen molar-refractivity contribution in [1.82, 2.24) is 5.32 Å². The first-order valence-corrected chi connectivity index (χ1v) is 4.37. The second kappa shape index (κ2) is 4.39. The third-order valence-corrected chi connectivity index (χ3v) is 2.10.